The fraction of sp³-hybridized carbons (Fsp3) is 0.217. The lowest BCUT2D eigenvalue weighted by molar-refractivity contribution is 0.754. The first-order valence-corrected chi connectivity index (χ1v) is 10.6. The zero-order valence-electron chi connectivity index (χ0n) is 17.5. The van der Waals surface area contributed by atoms with E-state index >= 15 is 0 Å². The van der Waals surface area contributed by atoms with Crippen LogP contribution in [0.15, 0.2) is 60.7 Å². The van der Waals surface area contributed by atoms with Gasteiger partial charge in [-0.1, -0.05) is 54.1 Å². The summed E-state index contributed by atoms with van der Waals surface area (Å²) in [5.74, 6) is 1.56. The lowest BCUT2D eigenvalue weighted by Crippen LogP contribution is -2.21. The summed E-state index contributed by atoms with van der Waals surface area (Å²) < 4.78 is 1.63. The van der Waals surface area contributed by atoms with Crippen molar-refractivity contribution in [3.63, 3.8) is 0 Å². The van der Waals surface area contributed by atoms with Gasteiger partial charge in [0.15, 0.2) is 0 Å². The van der Waals surface area contributed by atoms with Gasteiger partial charge in [-0.3, -0.25) is 0 Å². The van der Waals surface area contributed by atoms with Gasteiger partial charge in [-0.25, -0.2) is 4.98 Å². The van der Waals surface area contributed by atoms with E-state index in [2.05, 4.69) is 31.8 Å². The molecular formula is C23H23ClN8. The smallest absolute Gasteiger partial charge is 0.256 e. The number of hydrogen-bond donors (Lipinski definition) is 3. The Labute approximate surface area is 191 Å². The molecule has 162 valence electrons. The first kappa shape index (κ1) is 21.6. The molecule has 2 aromatic carbocycles. The monoisotopic (exact) mass is 446 g/mol. The molecule has 32 heavy (non-hydrogen) atoms. The molecule has 2 aromatic heterocycles. The summed E-state index contributed by atoms with van der Waals surface area (Å²) in [5.41, 5.74) is 9.06. The highest BCUT2D eigenvalue weighted by molar-refractivity contribution is 6.30. The van der Waals surface area contributed by atoms with E-state index in [4.69, 9.17) is 17.3 Å². The van der Waals surface area contributed by atoms with Gasteiger partial charge in [0.2, 0.25) is 5.95 Å². The minimum Gasteiger partial charge on any atom is -0.368 e. The number of nitrogens with one attached hydrogen (secondary N) is 2. The molecular weight excluding hydrogens is 424 g/mol. The number of benzene rings is 2. The van der Waals surface area contributed by atoms with Gasteiger partial charge in [-0.05, 0) is 30.2 Å². The van der Waals surface area contributed by atoms with Crippen molar-refractivity contribution in [3.8, 4) is 6.07 Å². The van der Waals surface area contributed by atoms with Gasteiger partial charge in [0, 0.05) is 29.4 Å². The number of halogens is 1. The summed E-state index contributed by atoms with van der Waals surface area (Å²) >= 11 is 6.12. The molecule has 0 fully saturated rings. The SMILES string of the molecule is Cc1cc(NC[C@H](N)c2ccccc2)n2nc(N[C@H](CC#N)c3cccc(Cl)c3)nc2n1. The Morgan fingerprint density at radius 2 is 1.88 bits per heavy atom. The number of anilines is 2. The third kappa shape index (κ3) is 4.97. The van der Waals surface area contributed by atoms with E-state index in [1.54, 1.807) is 10.6 Å². The van der Waals surface area contributed by atoms with Gasteiger partial charge in [-0.2, -0.15) is 14.8 Å². The molecule has 9 heteroatoms. The van der Waals surface area contributed by atoms with E-state index < -0.39 is 0 Å². The summed E-state index contributed by atoms with van der Waals surface area (Å²) in [4.78, 5) is 8.98. The number of rotatable bonds is 8. The first-order chi connectivity index (χ1) is 15.5. The van der Waals surface area contributed by atoms with E-state index in [9.17, 15) is 5.26 Å². The average Bonchev–Trinajstić information content (AvgIpc) is 3.20. The quantitative estimate of drug-likeness (QED) is 0.370. The maximum absolute atomic E-state index is 9.28. The number of hydrogen-bond acceptors (Lipinski definition) is 7. The van der Waals surface area contributed by atoms with E-state index in [0.29, 0.717) is 23.3 Å². The number of aryl methyl sites for hydroxylation is 1. The Kier molecular flexibility index (Phi) is 6.50. The number of aromatic nitrogens is 4. The molecule has 0 aliphatic carbocycles. The van der Waals surface area contributed by atoms with Crippen molar-refractivity contribution in [2.75, 3.05) is 17.2 Å². The third-order valence-corrected chi connectivity index (χ3v) is 5.26. The fourth-order valence-corrected chi connectivity index (χ4v) is 3.63. The minimum atomic E-state index is -0.305. The molecule has 0 spiro atoms. The summed E-state index contributed by atoms with van der Waals surface area (Å²) in [6.07, 6.45) is 0.236. The van der Waals surface area contributed by atoms with Gasteiger partial charge in [0.25, 0.3) is 5.78 Å². The topological polar surface area (TPSA) is 117 Å². The second-order valence-corrected chi connectivity index (χ2v) is 7.88. The summed E-state index contributed by atoms with van der Waals surface area (Å²) in [5, 5.41) is 21.0. The molecule has 4 rings (SSSR count). The van der Waals surface area contributed by atoms with Crippen molar-refractivity contribution in [1.82, 2.24) is 19.6 Å². The highest BCUT2D eigenvalue weighted by Gasteiger charge is 2.17. The van der Waals surface area contributed by atoms with E-state index in [1.807, 2.05) is 61.5 Å². The third-order valence-electron chi connectivity index (χ3n) is 5.02. The van der Waals surface area contributed by atoms with Crippen LogP contribution < -0.4 is 16.4 Å². The van der Waals surface area contributed by atoms with Crippen LogP contribution in [-0.4, -0.2) is 26.1 Å². The predicted octanol–water partition coefficient (Wildman–Crippen LogP) is 4.26. The summed E-state index contributed by atoms with van der Waals surface area (Å²) in [7, 11) is 0. The van der Waals surface area contributed by atoms with E-state index in [0.717, 1.165) is 22.6 Å². The number of nitriles is 1. The molecule has 0 saturated heterocycles. The highest BCUT2D eigenvalue weighted by Crippen LogP contribution is 2.24. The average molecular weight is 447 g/mol. The van der Waals surface area contributed by atoms with Gasteiger partial charge >= 0.3 is 0 Å². The van der Waals surface area contributed by atoms with Crippen LogP contribution in [0.5, 0.6) is 0 Å². The number of fused-ring (bicyclic) bond motifs is 1. The van der Waals surface area contributed by atoms with Crippen LogP contribution in [0.1, 0.15) is 35.3 Å². The van der Waals surface area contributed by atoms with Crippen molar-refractivity contribution < 1.29 is 0 Å². The molecule has 0 radical (unpaired) electrons. The minimum absolute atomic E-state index is 0.177. The Morgan fingerprint density at radius 3 is 2.62 bits per heavy atom. The molecule has 2 atom stereocenters. The molecule has 4 aromatic rings. The molecule has 2 heterocycles. The van der Waals surface area contributed by atoms with Gasteiger partial charge in [0.1, 0.15) is 5.82 Å². The van der Waals surface area contributed by atoms with Gasteiger partial charge in [-0.15, -0.1) is 5.10 Å². The van der Waals surface area contributed by atoms with E-state index in [1.165, 1.54) is 0 Å². The molecule has 0 unspecified atom stereocenters. The number of nitrogens with zero attached hydrogens (tertiary/aromatic N) is 5. The molecule has 4 N–H and O–H groups in total. The predicted molar refractivity (Wildman–Crippen MR) is 125 cm³/mol. The Morgan fingerprint density at radius 1 is 1.09 bits per heavy atom. The number of nitrogens with two attached hydrogens (primary N) is 1. The normalized spacial score (nSPS) is 12.8. The Balaban J connectivity index is 1.57. The maximum atomic E-state index is 9.28. The molecule has 0 amide bonds. The van der Waals surface area contributed by atoms with Crippen LogP contribution >= 0.6 is 11.6 Å². The second-order valence-electron chi connectivity index (χ2n) is 7.44. The Hall–Kier alpha value is -3.67. The zero-order chi connectivity index (χ0) is 22.5. The zero-order valence-corrected chi connectivity index (χ0v) is 18.3. The molecule has 0 bridgehead atoms. The lowest BCUT2D eigenvalue weighted by Gasteiger charge is -2.15. The summed E-state index contributed by atoms with van der Waals surface area (Å²) in [6, 6.07) is 20.9. The van der Waals surface area contributed by atoms with Crippen LogP contribution in [0, 0.1) is 18.3 Å². The second kappa shape index (κ2) is 9.64. The largest absolute Gasteiger partial charge is 0.368 e. The van der Waals surface area contributed by atoms with Crippen LogP contribution in [0.4, 0.5) is 11.8 Å². The van der Waals surface area contributed by atoms with Crippen LogP contribution in [-0.2, 0) is 0 Å². The Bertz CT molecular complexity index is 1250. The fourth-order valence-electron chi connectivity index (χ4n) is 3.43. The maximum Gasteiger partial charge on any atom is 0.256 e. The van der Waals surface area contributed by atoms with E-state index in [-0.39, 0.29) is 18.5 Å². The standard InChI is InChI=1S/C23H23ClN8/c1-15-12-21(27-14-19(26)16-6-3-2-4-7-16)32-23(28-15)30-22(31-32)29-20(10-11-25)17-8-5-9-18(24)13-17/h2-9,12-13,19-20,27H,10,14,26H2,1H3,(H,29,31)/t19-,20+/m0/s1. The van der Waals surface area contributed by atoms with Crippen molar-refractivity contribution in [2.45, 2.75) is 25.4 Å². The molecule has 0 aliphatic rings. The summed E-state index contributed by atoms with van der Waals surface area (Å²) in [6.45, 7) is 2.42. The first-order valence-electron chi connectivity index (χ1n) is 10.2. The van der Waals surface area contributed by atoms with Crippen molar-refractivity contribution >= 4 is 29.1 Å². The molecule has 0 saturated carbocycles. The van der Waals surface area contributed by atoms with Gasteiger partial charge < -0.3 is 16.4 Å². The van der Waals surface area contributed by atoms with Crippen LogP contribution in [0.3, 0.4) is 0 Å². The van der Waals surface area contributed by atoms with Crippen molar-refractivity contribution in [2.24, 2.45) is 5.73 Å². The van der Waals surface area contributed by atoms with Crippen molar-refractivity contribution in [3.05, 3.63) is 82.5 Å². The van der Waals surface area contributed by atoms with Crippen molar-refractivity contribution in [1.29, 1.82) is 5.26 Å². The lowest BCUT2D eigenvalue weighted by atomic mass is 10.0. The highest BCUT2D eigenvalue weighted by atomic mass is 35.5. The van der Waals surface area contributed by atoms with Gasteiger partial charge in [0.05, 0.1) is 18.5 Å². The van der Waals surface area contributed by atoms with Crippen LogP contribution in [0.25, 0.3) is 5.78 Å². The van der Waals surface area contributed by atoms with Crippen LogP contribution in [0.2, 0.25) is 5.02 Å². The molecule has 8 nitrogen and oxygen atoms in total. The molecule has 0 aliphatic heterocycles.